The number of carbonyl (C=O) groups is 1. The van der Waals surface area contributed by atoms with E-state index in [-0.39, 0.29) is 12.3 Å². The summed E-state index contributed by atoms with van der Waals surface area (Å²) in [6, 6.07) is 6.75. The number of hydrogen-bond donors (Lipinski definition) is 1. The molecule has 0 aromatic heterocycles. The quantitative estimate of drug-likeness (QED) is 0.575. The van der Waals surface area contributed by atoms with E-state index < -0.39 is 5.97 Å². The highest BCUT2D eigenvalue weighted by Crippen LogP contribution is 2.12. The fraction of sp³-hybridized carbons (Fsp3) is 0.200. The van der Waals surface area contributed by atoms with Gasteiger partial charge in [-0.2, -0.15) is 0 Å². The molecule has 0 spiro atoms. The van der Waals surface area contributed by atoms with Crippen LogP contribution in [0.25, 0.3) is 0 Å². The molecule has 0 bridgehead atoms. The van der Waals surface area contributed by atoms with Crippen molar-refractivity contribution in [3.63, 3.8) is 0 Å². The van der Waals surface area contributed by atoms with Gasteiger partial charge in [-0.25, -0.2) is 0 Å². The van der Waals surface area contributed by atoms with Gasteiger partial charge in [0, 0.05) is 11.8 Å². The fourth-order valence-electron chi connectivity index (χ4n) is 0.880. The molecular formula is C10H11NO3. The van der Waals surface area contributed by atoms with Crippen molar-refractivity contribution in [2.24, 2.45) is 4.99 Å². The number of phenols is 1. The Morgan fingerprint density at radius 1 is 1.57 bits per heavy atom. The molecule has 0 aliphatic rings. The fourth-order valence-corrected chi connectivity index (χ4v) is 0.880. The number of carbonyl (C=O) groups excluding carboxylic acids is 1. The maximum absolute atomic E-state index is 10.7. The Morgan fingerprint density at radius 2 is 2.29 bits per heavy atom. The molecule has 4 nitrogen and oxygen atoms in total. The largest absolute Gasteiger partial charge is 0.507 e. The zero-order valence-corrected chi connectivity index (χ0v) is 7.80. The van der Waals surface area contributed by atoms with E-state index >= 15 is 0 Å². The SMILES string of the molecule is COC(=O)CN=Cc1ccccc1O. The molecule has 0 unspecified atom stereocenters. The third kappa shape index (κ3) is 2.90. The highest BCUT2D eigenvalue weighted by atomic mass is 16.5. The van der Waals surface area contributed by atoms with Crippen LogP contribution in [0.4, 0.5) is 0 Å². The van der Waals surface area contributed by atoms with Crippen molar-refractivity contribution >= 4 is 12.2 Å². The first-order valence-corrected chi connectivity index (χ1v) is 4.08. The Hall–Kier alpha value is -1.84. The van der Waals surface area contributed by atoms with E-state index in [4.69, 9.17) is 0 Å². The summed E-state index contributed by atoms with van der Waals surface area (Å²) in [5.41, 5.74) is 0.580. The van der Waals surface area contributed by atoms with Gasteiger partial charge in [0.05, 0.1) is 7.11 Å². The van der Waals surface area contributed by atoms with Gasteiger partial charge in [0.1, 0.15) is 12.3 Å². The second-order valence-electron chi connectivity index (χ2n) is 2.60. The lowest BCUT2D eigenvalue weighted by Gasteiger charge is -1.96. The molecule has 0 saturated carbocycles. The molecule has 0 amide bonds. The second kappa shape index (κ2) is 5.01. The van der Waals surface area contributed by atoms with Crippen molar-refractivity contribution in [3.8, 4) is 5.75 Å². The molecule has 0 aliphatic carbocycles. The van der Waals surface area contributed by atoms with E-state index in [9.17, 15) is 9.90 Å². The van der Waals surface area contributed by atoms with Crippen LogP contribution in [0, 0.1) is 0 Å². The maximum atomic E-state index is 10.7. The second-order valence-corrected chi connectivity index (χ2v) is 2.60. The Labute approximate surface area is 81.9 Å². The van der Waals surface area contributed by atoms with Gasteiger partial charge < -0.3 is 9.84 Å². The highest BCUT2D eigenvalue weighted by molar-refractivity contribution is 5.85. The molecule has 1 aromatic carbocycles. The number of rotatable bonds is 3. The normalized spacial score (nSPS) is 10.4. The molecule has 0 radical (unpaired) electrons. The monoisotopic (exact) mass is 193 g/mol. The highest BCUT2D eigenvalue weighted by Gasteiger charge is 1.97. The number of nitrogens with zero attached hydrogens (tertiary/aromatic N) is 1. The van der Waals surface area contributed by atoms with Crippen molar-refractivity contribution in [2.45, 2.75) is 0 Å². The Balaban J connectivity index is 2.60. The van der Waals surface area contributed by atoms with E-state index in [1.807, 2.05) is 0 Å². The number of hydrogen-bond acceptors (Lipinski definition) is 4. The maximum Gasteiger partial charge on any atom is 0.327 e. The Morgan fingerprint density at radius 3 is 2.93 bits per heavy atom. The molecule has 74 valence electrons. The Kier molecular flexibility index (Phi) is 3.67. The number of aliphatic imine (C=N–C) groups is 1. The van der Waals surface area contributed by atoms with Crippen molar-refractivity contribution in [3.05, 3.63) is 29.8 Å². The molecule has 14 heavy (non-hydrogen) atoms. The van der Waals surface area contributed by atoms with Crippen molar-refractivity contribution < 1.29 is 14.6 Å². The number of esters is 1. The lowest BCUT2D eigenvalue weighted by atomic mass is 10.2. The van der Waals surface area contributed by atoms with E-state index in [0.29, 0.717) is 5.56 Å². The molecule has 0 aliphatic heterocycles. The topological polar surface area (TPSA) is 58.9 Å². The third-order valence-electron chi connectivity index (χ3n) is 1.62. The summed E-state index contributed by atoms with van der Waals surface area (Å²) in [5, 5.41) is 9.33. The number of aromatic hydroxyl groups is 1. The molecule has 4 heteroatoms. The van der Waals surface area contributed by atoms with E-state index in [0.717, 1.165) is 0 Å². The molecule has 0 heterocycles. The van der Waals surface area contributed by atoms with Gasteiger partial charge in [0.15, 0.2) is 0 Å². The first kappa shape index (κ1) is 10.2. The average molecular weight is 193 g/mol. The van der Waals surface area contributed by atoms with Crippen molar-refractivity contribution in [1.29, 1.82) is 0 Å². The summed E-state index contributed by atoms with van der Waals surface area (Å²) in [7, 11) is 1.30. The standard InChI is InChI=1S/C10H11NO3/c1-14-10(13)7-11-6-8-4-2-3-5-9(8)12/h2-6,12H,7H2,1H3. The lowest BCUT2D eigenvalue weighted by Crippen LogP contribution is -2.04. The third-order valence-corrected chi connectivity index (χ3v) is 1.62. The van der Waals surface area contributed by atoms with E-state index in [1.54, 1.807) is 24.3 Å². The Bertz CT molecular complexity index is 347. The van der Waals surface area contributed by atoms with Crippen LogP contribution in [0.5, 0.6) is 5.75 Å². The van der Waals surface area contributed by atoms with Crippen LogP contribution in [0.15, 0.2) is 29.3 Å². The van der Waals surface area contributed by atoms with Crippen LogP contribution in [0.2, 0.25) is 0 Å². The molecule has 1 aromatic rings. The zero-order chi connectivity index (χ0) is 10.4. The number of para-hydroxylation sites is 1. The molecule has 1 N–H and O–H groups in total. The summed E-state index contributed by atoms with van der Waals surface area (Å²) >= 11 is 0. The average Bonchev–Trinajstić information content (AvgIpc) is 2.20. The van der Waals surface area contributed by atoms with Crippen LogP contribution in [-0.4, -0.2) is 30.9 Å². The number of methoxy groups -OCH3 is 1. The van der Waals surface area contributed by atoms with Crippen LogP contribution < -0.4 is 0 Å². The smallest absolute Gasteiger partial charge is 0.327 e. The van der Waals surface area contributed by atoms with Gasteiger partial charge >= 0.3 is 5.97 Å². The van der Waals surface area contributed by atoms with Crippen molar-refractivity contribution in [1.82, 2.24) is 0 Å². The minimum absolute atomic E-state index is 0.0369. The summed E-state index contributed by atoms with van der Waals surface area (Å²) in [6.45, 7) is -0.0369. The molecular weight excluding hydrogens is 182 g/mol. The van der Waals surface area contributed by atoms with Crippen LogP contribution in [-0.2, 0) is 9.53 Å². The molecule has 0 saturated heterocycles. The van der Waals surface area contributed by atoms with Gasteiger partial charge in [-0.05, 0) is 12.1 Å². The summed E-state index contributed by atoms with van der Waals surface area (Å²) < 4.78 is 4.40. The van der Waals surface area contributed by atoms with Gasteiger partial charge in [0.2, 0.25) is 0 Å². The first-order chi connectivity index (χ1) is 6.74. The minimum Gasteiger partial charge on any atom is -0.507 e. The number of phenolic OH excluding ortho intramolecular Hbond substituents is 1. The van der Waals surface area contributed by atoms with E-state index in [2.05, 4.69) is 9.73 Å². The van der Waals surface area contributed by atoms with Crippen LogP contribution in [0.3, 0.4) is 0 Å². The van der Waals surface area contributed by atoms with Crippen molar-refractivity contribution in [2.75, 3.05) is 13.7 Å². The van der Waals surface area contributed by atoms with Gasteiger partial charge in [0.25, 0.3) is 0 Å². The molecule has 0 fully saturated rings. The van der Waals surface area contributed by atoms with Crippen LogP contribution in [0.1, 0.15) is 5.56 Å². The van der Waals surface area contributed by atoms with Gasteiger partial charge in [-0.1, -0.05) is 12.1 Å². The zero-order valence-electron chi connectivity index (χ0n) is 7.80. The van der Waals surface area contributed by atoms with Gasteiger partial charge in [-0.15, -0.1) is 0 Å². The minimum atomic E-state index is -0.406. The number of ether oxygens (including phenoxy) is 1. The molecule has 1 rings (SSSR count). The van der Waals surface area contributed by atoms with Crippen LogP contribution >= 0.6 is 0 Å². The first-order valence-electron chi connectivity index (χ1n) is 4.08. The molecule has 0 atom stereocenters. The summed E-state index contributed by atoms with van der Waals surface area (Å²) in [4.78, 5) is 14.5. The summed E-state index contributed by atoms with van der Waals surface area (Å²) in [6.07, 6.45) is 1.44. The van der Waals surface area contributed by atoms with Gasteiger partial charge in [-0.3, -0.25) is 9.79 Å². The number of benzene rings is 1. The lowest BCUT2D eigenvalue weighted by molar-refractivity contribution is -0.138. The predicted octanol–water partition coefficient (Wildman–Crippen LogP) is 0.984. The summed E-state index contributed by atoms with van der Waals surface area (Å²) in [5.74, 6) is -0.266. The van der Waals surface area contributed by atoms with E-state index in [1.165, 1.54) is 13.3 Å². The predicted molar refractivity (Wildman–Crippen MR) is 52.6 cm³/mol.